The SMILES string of the molecule is Cc1ccc(CNC(=O)NCCCN2CCN(c3cc(C)ccc3C)CC2)cc1. The molecule has 0 atom stereocenters. The molecular formula is C24H34N4O. The van der Waals surface area contributed by atoms with Gasteiger partial charge in [-0.15, -0.1) is 0 Å². The third-order valence-electron chi connectivity index (χ3n) is 5.59. The van der Waals surface area contributed by atoms with Crippen LogP contribution in [0, 0.1) is 20.8 Å². The summed E-state index contributed by atoms with van der Waals surface area (Å²) in [5.74, 6) is 0. The van der Waals surface area contributed by atoms with Gasteiger partial charge in [0, 0.05) is 45.0 Å². The van der Waals surface area contributed by atoms with Crippen LogP contribution in [0.5, 0.6) is 0 Å². The monoisotopic (exact) mass is 394 g/mol. The number of carbonyl (C=O) groups is 1. The van der Waals surface area contributed by atoms with Crippen molar-refractivity contribution in [3.05, 3.63) is 64.7 Å². The highest BCUT2D eigenvalue weighted by Gasteiger charge is 2.18. The minimum atomic E-state index is -0.0923. The van der Waals surface area contributed by atoms with Gasteiger partial charge < -0.3 is 15.5 Å². The Labute approximate surface area is 175 Å². The largest absolute Gasteiger partial charge is 0.369 e. The minimum Gasteiger partial charge on any atom is -0.369 e. The highest BCUT2D eigenvalue weighted by atomic mass is 16.2. The Morgan fingerprint density at radius 3 is 2.31 bits per heavy atom. The molecule has 2 amide bonds. The molecule has 0 aromatic heterocycles. The summed E-state index contributed by atoms with van der Waals surface area (Å²) >= 11 is 0. The topological polar surface area (TPSA) is 47.6 Å². The van der Waals surface area contributed by atoms with E-state index in [2.05, 4.69) is 71.5 Å². The zero-order chi connectivity index (χ0) is 20.6. The van der Waals surface area contributed by atoms with Crippen LogP contribution in [0.25, 0.3) is 0 Å². The molecule has 1 aliphatic heterocycles. The summed E-state index contributed by atoms with van der Waals surface area (Å²) in [4.78, 5) is 16.9. The van der Waals surface area contributed by atoms with Gasteiger partial charge in [-0.2, -0.15) is 0 Å². The Morgan fingerprint density at radius 1 is 0.897 bits per heavy atom. The first kappa shape index (κ1) is 21.2. The van der Waals surface area contributed by atoms with Gasteiger partial charge in [0.25, 0.3) is 0 Å². The molecule has 3 rings (SSSR count). The fourth-order valence-corrected chi connectivity index (χ4v) is 3.73. The molecule has 29 heavy (non-hydrogen) atoms. The van der Waals surface area contributed by atoms with Crippen molar-refractivity contribution in [2.45, 2.75) is 33.7 Å². The number of hydrogen-bond acceptors (Lipinski definition) is 3. The first-order valence-corrected chi connectivity index (χ1v) is 10.6. The van der Waals surface area contributed by atoms with Crippen LogP contribution >= 0.6 is 0 Å². The van der Waals surface area contributed by atoms with E-state index in [0.29, 0.717) is 13.1 Å². The van der Waals surface area contributed by atoms with Crippen molar-refractivity contribution in [1.29, 1.82) is 0 Å². The molecule has 0 saturated carbocycles. The number of piperazine rings is 1. The van der Waals surface area contributed by atoms with Crippen molar-refractivity contribution in [2.24, 2.45) is 0 Å². The molecule has 1 heterocycles. The molecule has 2 aromatic rings. The standard InChI is InChI=1S/C24H34N4O/c1-19-6-9-22(10-7-19)18-26-24(29)25-11-4-12-27-13-15-28(16-14-27)23-17-20(2)5-8-21(23)3/h5-10,17H,4,11-16,18H2,1-3H3,(H2,25,26,29). The molecule has 0 aliphatic carbocycles. The number of urea groups is 1. The number of rotatable bonds is 7. The fraction of sp³-hybridized carbons (Fsp3) is 0.458. The lowest BCUT2D eigenvalue weighted by molar-refractivity contribution is 0.235. The Balaban J connectivity index is 1.30. The molecular weight excluding hydrogens is 360 g/mol. The Kier molecular flexibility index (Phi) is 7.53. The van der Waals surface area contributed by atoms with Crippen LogP contribution < -0.4 is 15.5 Å². The molecule has 0 radical (unpaired) electrons. The first-order chi connectivity index (χ1) is 14.0. The normalized spacial score (nSPS) is 14.7. The summed E-state index contributed by atoms with van der Waals surface area (Å²) in [7, 11) is 0. The summed E-state index contributed by atoms with van der Waals surface area (Å²) in [5.41, 5.74) is 6.39. The van der Waals surface area contributed by atoms with Crippen molar-refractivity contribution in [3.63, 3.8) is 0 Å². The maximum Gasteiger partial charge on any atom is 0.315 e. The van der Waals surface area contributed by atoms with Crippen LogP contribution in [0.2, 0.25) is 0 Å². The number of anilines is 1. The van der Waals surface area contributed by atoms with Gasteiger partial charge in [-0.05, 0) is 56.5 Å². The summed E-state index contributed by atoms with van der Waals surface area (Å²) in [6.45, 7) is 13.0. The third kappa shape index (κ3) is 6.50. The molecule has 5 nitrogen and oxygen atoms in total. The average molecular weight is 395 g/mol. The molecule has 0 unspecified atom stereocenters. The molecule has 1 saturated heterocycles. The van der Waals surface area contributed by atoms with E-state index < -0.39 is 0 Å². The van der Waals surface area contributed by atoms with Gasteiger partial charge >= 0.3 is 6.03 Å². The molecule has 2 N–H and O–H groups in total. The van der Waals surface area contributed by atoms with E-state index in [1.165, 1.54) is 22.4 Å². The summed E-state index contributed by atoms with van der Waals surface area (Å²) in [5, 5.41) is 5.89. The van der Waals surface area contributed by atoms with Crippen molar-refractivity contribution < 1.29 is 4.79 Å². The molecule has 0 spiro atoms. The first-order valence-electron chi connectivity index (χ1n) is 10.6. The number of aryl methyl sites for hydroxylation is 3. The van der Waals surface area contributed by atoms with E-state index in [0.717, 1.165) is 44.7 Å². The third-order valence-corrected chi connectivity index (χ3v) is 5.59. The molecule has 0 bridgehead atoms. The Hall–Kier alpha value is -2.53. The number of nitrogens with one attached hydrogen (secondary N) is 2. The van der Waals surface area contributed by atoms with Crippen molar-refractivity contribution in [3.8, 4) is 0 Å². The van der Waals surface area contributed by atoms with Gasteiger partial charge in [0.2, 0.25) is 0 Å². The molecule has 1 aliphatic rings. The van der Waals surface area contributed by atoms with Crippen LogP contribution in [0.3, 0.4) is 0 Å². The van der Waals surface area contributed by atoms with Crippen molar-refractivity contribution >= 4 is 11.7 Å². The predicted molar refractivity (Wildman–Crippen MR) is 121 cm³/mol. The smallest absolute Gasteiger partial charge is 0.315 e. The second-order valence-electron chi connectivity index (χ2n) is 8.07. The zero-order valence-electron chi connectivity index (χ0n) is 18.0. The lowest BCUT2D eigenvalue weighted by Gasteiger charge is -2.37. The number of amides is 2. The summed E-state index contributed by atoms with van der Waals surface area (Å²) in [6.07, 6.45) is 0.974. The molecule has 1 fully saturated rings. The molecule has 156 valence electrons. The van der Waals surface area contributed by atoms with Crippen LogP contribution in [-0.4, -0.2) is 50.2 Å². The Bertz CT molecular complexity index is 795. The van der Waals surface area contributed by atoms with Gasteiger partial charge in [0.1, 0.15) is 0 Å². The van der Waals surface area contributed by atoms with Gasteiger partial charge in [-0.3, -0.25) is 4.90 Å². The molecule has 5 heteroatoms. The van der Waals surface area contributed by atoms with E-state index >= 15 is 0 Å². The van der Waals surface area contributed by atoms with E-state index in [1.54, 1.807) is 0 Å². The lowest BCUT2D eigenvalue weighted by atomic mass is 10.1. The van der Waals surface area contributed by atoms with Gasteiger partial charge in [0.15, 0.2) is 0 Å². The average Bonchev–Trinajstić information content (AvgIpc) is 2.73. The van der Waals surface area contributed by atoms with Crippen LogP contribution in [0.15, 0.2) is 42.5 Å². The Morgan fingerprint density at radius 2 is 1.59 bits per heavy atom. The lowest BCUT2D eigenvalue weighted by Crippen LogP contribution is -2.47. The fourth-order valence-electron chi connectivity index (χ4n) is 3.73. The van der Waals surface area contributed by atoms with Crippen LogP contribution in [0.1, 0.15) is 28.7 Å². The summed E-state index contributed by atoms with van der Waals surface area (Å²) in [6, 6.07) is 14.8. The van der Waals surface area contributed by atoms with E-state index in [4.69, 9.17) is 0 Å². The van der Waals surface area contributed by atoms with Gasteiger partial charge in [0.05, 0.1) is 0 Å². The summed E-state index contributed by atoms with van der Waals surface area (Å²) < 4.78 is 0. The zero-order valence-corrected chi connectivity index (χ0v) is 18.0. The number of nitrogens with zero attached hydrogens (tertiary/aromatic N) is 2. The highest BCUT2D eigenvalue weighted by molar-refractivity contribution is 5.73. The van der Waals surface area contributed by atoms with Gasteiger partial charge in [-0.25, -0.2) is 4.79 Å². The van der Waals surface area contributed by atoms with Crippen LogP contribution in [-0.2, 0) is 6.54 Å². The maximum absolute atomic E-state index is 12.0. The van der Waals surface area contributed by atoms with Crippen molar-refractivity contribution in [1.82, 2.24) is 15.5 Å². The van der Waals surface area contributed by atoms with Crippen molar-refractivity contribution in [2.75, 3.05) is 44.2 Å². The van der Waals surface area contributed by atoms with Crippen LogP contribution in [0.4, 0.5) is 10.5 Å². The highest BCUT2D eigenvalue weighted by Crippen LogP contribution is 2.22. The van der Waals surface area contributed by atoms with E-state index in [-0.39, 0.29) is 6.03 Å². The maximum atomic E-state index is 12.0. The second kappa shape index (κ2) is 10.3. The number of benzene rings is 2. The van der Waals surface area contributed by atoms with Gasteiger partial charge in [-0.1, -0.05) is 42.0 Å². The number of carbonyl (C=O) groups excluding carboxylic acids is 1. The van der Waals surface area contributed by atoms with E-state index in [1.807, 2.05) is 12.1 Å². The minimum absolute atomic E-state index is 0.0923. The molecule has 2 aromatic carbocycles. The van der Waals surface area contributed by atoms with E-state index in [9.17, 15) is 4.79 Å². The predicted octanol–water partition coefficient (Wildman–Crippen LogP) is 3.62. The number of hydrogen-bond donors (Lipinski definition) is 2. The second-order valence-corrected chi connectivity index (χ2v) is 8.07. The quantitative estimate of drug-likeness (QED) is 0.705.